The van der Waals surface area contributed by atoms with Gasteiger partial charge in [-0.1, -0.05) is 25.5 Å². The van der Waals surface area contributed by atoms with E-state index in [0.29, 0.717) is 23.5 Å². The molecule has 2 bridgehead atoms. The lowest BCUT2D eigenvalue weighted by Crippen LogP contribution is -2.33. The van der Waals surface area contributed by atoms with E-state index in [0.717, 1.165) is 6.42 Å². The SMILES string of the molecule is CC1=C[C@H]2C[C@H]1[C@H]1C(=O)N(c3ccc(C(=O)OCC(=O)Nc4ccc(C(=O)OCC(C)C)cc4)cc3)C(=O)[C@H]12. The van der Waals surface area contributed by atoms with Crippen molar-refractivity contribution in [2.75, 3.05) is 23.4 Å². The molecule has 1 N–H and O–H groups in total. The molecular weight excluding hydrogens is 500 g/mol. The fourth-order valence-electron chi connectivity index (χ4n) is 5.70. The van der Waals surface area contributed by atoms with E-state index in [-0.39, 0.29) is 47.0 Å². The maximum atomic E-state index is 13.1. The Hall–Kier alpha value is -4.27. The summed E-state index contributed by atoms with van der Waals surface area (Å²) in [5.74, 6) is -2.20. The summed E-state index contributed by atoms with van der Waals surface area (Å²) in [5, 5.41) is 2.60. The highest BCUT2D eigenvalue weighted by Gasteiger charge is 2.60. The fourth-order valence-corrected chi connectivity index (χ4v) is 5.70. The first-order valence-electron chi connectivity index (χ1n) is 13.0. The van der Waals surface area contributed by atoms with Gasteiger partial charge in [-0.05, 0) is 79.6 Å². The van der Waals surface area contributed by atoms with E-state index < -0.39 is 24.5 Å². The Bertz CT molecular complexity index is 1360. The van der Waals surface area contributed by atoms with Gasteiger partial charge in [-0.2, -0.15) is 0 Å². The molecule has 4 atom stereocenters. The maximum Gasteiger partial charge on any atom is 0.338 e. The Morgan fingerprint density at radius 3 is 2.13 bits per heavy atom. The number of rotatable bonds is 8. The second kappa shape index (κ2) is 10.5. The Balaban J connectivity index is 1.13. The van der Waals surface area contributed by atoms with Crippen molar-refractivity contribution in [1.82, 2.24) is 0 Å². The molecule has 0 radical (unpaired) electrons. The highest BCUT2D eigenvalue weighted by Crippen LogP contribution is 2.55. The summed E-state index contributed by atoms with van der Waals surface area (Å²) in [4.78, 5) is 64.1. The molecule has 0 spiro atoms. The molecule has 1 saturated carbocycles. The van der Waals surface area contributed by atoms with E-state index >= 15 is 0 Å². The number of nitrogens with zero attached hydrogens (tertiary/aromatic N) is 1. The summed E-state index contributed by atoms with van der Waals surface area (Å²) in [6, 6.07) is 12.2. The molecule has 2 aromatic rings. The van der Waals surface area contributed by atoms with Gasteiger partial charge < -0.3 is 14.8 Å². The average Bonchev–Trinajstić information content (AvgIpc) is 3.56. The van der Waals surface area contributed by atoms with Crippen molar-refractivity contribution < 1.29 is 33.4 Å². The molecule has 5 rings (SSSR count). The molecule has 3 amide bonds. The predicted octanol–water partition coefficient (Wildman–Crippen LogP) is 4.00. The maximum absolute atomic E-state index is 13.1. The van der Waals surface area contributed by atoms with E-state index in [4.69, 9.17) is 9.47 Å². The summed E-state index contributed by atoms with van der Waals surface area (Å²) in [6.45, 7) is 5.71. The molecule has 0 aromatic heterocycles. The molecule has 9 heteroatoms. The van der Waals surface area contributed by atoms with Crippen LogP contribution < -0.4 is 10.2 Å². The van der Waals surface area contributed by atoms with Crippen LogP contribution >= 0.6 is 0 Å². The predicted molar refractivity (Wildman–Crippen MR) is 142 cm³/mol. The number of nitrogens with one attached hydrogen (secondary N) is 1. The molecule has 2 aromatic carbocycles. The summed E-state index contributed by atoms with van der Waals surface area (Å²) >= 11 is 0. The van der Waals surface area contributed by atoms with Gasteiger partial charge in [-0.15, -0.1) is 0 Å². The number of allylic oxidation sites excluding steroid dienone is 2. The van der Waals surface area contributed by atoms with Crippen molar-refractivity contribution in [2.24, 2.45) is 29.6 Å². The molecular formula is C30H30N2O7. The zero-order valence-electron chi connectivity index (χ0n) is 22.0. The zero-order chi connectivity index (χ0) is 27.8. The number of hydrogen-bond donors (Lipinski definition) is 1. The highest BCUT2D eigenvalue weighted by molar-refractivity contribution is 6.23. The molecule has 0 unspecified atom stereocenters. The van der Waals surface area contributed by atoms with Crippen LogP contribution in [0.15, 0.2) is 60.2 Å². The summed E-state index contributed by atoms with van der Waals surface area (Å²) in [7, 11) is 0. The van der Waals surface area contributed by atoms with Gasteiger partial charge in [0.15, 0.2) is 6.61 Å². The summed E-state index contributed by atoms with van der Waals surface area (Å²) in [6.07, 6.45) is 2.99. The van der Waals surface area contributed by atoms with Crippen LogP contribution in [0.2, 0.25) is 0 Å². The molecule has 2 fully saturated rings. The van der Waals surface area contributed by atoms with Crippen LogP contribution in [0.3, 0.4) is 0 Å². The highest BCUT2D eigenvalue weighted by atomic mass is 16.5. The van der Waals surface area contributed by atoms with Crippen LogP contribution in [-0.4, -0.2) is 42.9 Å². The van der Waals surface area contributed by atoms with E-state index in [9.17, 15) is 24.0 Å². The summed E-state index contributed by atoms with van der Waals surface area (Å²) < 4.78 is 10.3. The number of amides is 3. The largest absolute Gasteiger partial charge is 0.462 e. The van der Waals surface area contributed by atoms with Crippen molar-refractivity contribution in [3.8, 4) is 0 Å². The lowest BCUT2D eigenvalue weighted by Gasteiger charge is -2.19. The third-order valence-corrected chi connectivity index (χ3v) is 7.53. The van der Waals surface area contributed by atoms with Gasteiger partial charge in [0.2, 0.25) is 11.8 Å². The molecule has 3 aliphatic rings. The number of imide groups is 1. The minimum absolute atomic E-state index is 0.117. The second-order valence-corrected chi connectivity index (χ2v) is 10.7. The summed E-state index contributed by atoms with van der Waals surface area (Å²) in [5.41, 5.74) is 2.59. The first-order valence-corrected chi connectivity index (χ1v) is 13.0. The Kier molecular flexibility index (Phi) is 7.08. The van der Waals surface area contributed by atoms with Gasteiger partial charge in [-0.25, -0.2) is 9.59 Å². The Morgan fingerprint density at radius 2 is 1.49 bits per heavy atom. The molecule has 9 nitrogen and oxygen atoms in total. The van der Waals surface area contributed by atoms with Gasteiger partial charge in [0.25, 0.3) is 5.91 Å². The monoisotopic (exact) mass is 530 g/mol. The topological polar surface area (TPSA) is 119 Å². The lowest BCUT2D eigenvalue weighted by molar-refractivity contribution is -0.123. The standard InChI is InChI=1S/C30H30N2O7/c1-16(2)14-38-29(36)18-4-8-21(9-5-18)31-24(33)15-39-30(37)19-6-10-22(11-7-19)32-27(34)25-20-12-17(3)23(13-20)26(25)28(32)35/h4-12,16,20,23,25-26H,13-15H2,1-3H3,(H,31,33)/t20-,23+,25-,26+/m0/s1. The fraction of sp³-hybridized carbons (Fsp3) is 0.367. The molecule has 1 aliphatic heterocycles. The van der Waals surface area contributed by atoms with Crippen molar-refractivity contribution >= 4 is 41.0 Å². The van der Waals surface area contributed by atoms with Crippen LogP contribution in [0, 0.1) is 29.6 Å². The molecule has 2 aliphatic carbocycles. The lowest BCUT2D eigenvalue weighted by atomic mass is 9.82. The minimum Gasteiger partial charge on any atom is -0.462 e. The van der Waals surface area contributed by atoms with Crippen molar-refractivity contribution in [3.63, 3.8) is 0 Å². The third-order valence-electron chi connectivity index (χ3n) is 7.53. The second-order valence-electron chi connectivity index (χ2n) is 10.7. The normalized spacial score (nSPS) is 23.1. The number of esters is 2. The number of benzene rings is 2. The van der Waals surface area contributed by atoms with Crippen LogP contribution in [-0.2, 0) is 23.9 Å². The van der Waals surface area contributed by atoms with E-state index in [1.807, 2.05) is 20.8 Å². The van der Waals surface area contributed by atoms with Gasteiger partial charge in [-0.3, -0.25) is 19.3 Å². The first-order chi connectivity index (χ1) is 18.6. The van der Waals surface area contributed by atoms with Gasteiger partial charge in [0, 0.05) is 5.69 Å². The van der Waals surface area contributed by atoms with Crippen LogP contribution in [0.4, 0.5) is 11.4 Å². The Morgan fingerprint density at radius 1 is 0.897 bits per heavy atom. The van der Waals surface area contributed by atoms with Crippen LogP contribution in [0.1, 0.15) is 47.9 Å². The van der Waals surface area contributed by atoms with Crippen LogP contribution in [0.25, 0.3) is 0 Å². The number of anilines is 2. The minimum atomic E-state index is -0.714. The Labute approximate surface area is 226 Å². The third kappa shape index (κ3) is 5.08. The number of ether oxygens (including phenoxy) is 2. The molecule has 39 heavy (non-hydrogen) atoms. The number of carbonyl (C=O) groups is 5. The average molecular weight is 531 g/mol. The van der Waals surface area contributed by atoms with Gasteiger partial charge >= 0.3 is 11.9 Å². The number of hydrogen-bond acceptors (Lipinski definition) is 7. The van der Waals surface area contributed by atoms with E-state index in [1.165, 1.54) is 34.7 Å². The quantitative estimate of drug-likeness (QED) is 0.311. The number of fused-ring (bicyclic) bond motifs is 5. The van der Waals surface area contributed by atoms with Gasteiger partial charge in [0.05, 0.1) is 35.3 Å². The van der Waals surface area contributed by atoms with Crippen LogP contribution in [0.5, 0.6) is 0 Å². The van der Waals surface area contributed by atoms with Crippen molar-refractivity contribution in [1.29, 1.82) is 0 Å². The molecule has 202 valence electrons. The van der Waals surface area contributed by atoms with E-state index in [1.54, 1.807) is 24.3 Å². The van der Waals surface area contributed by atoms with E-state index in [2.05, 4.69) is 11.4 Å². The van der Waals surface area contributed by atoms with Gasteiger partial charge in [0.1, 0.15) is 0 Å². The smallest absolute Gasteiger partial charge is 0.338 e. The van der Waals surface area contributed by atoms with Crippen molar-refractivity contribution in [2.45, 2.75) is 27.2 Å². The molecule has 1 saturated heterocycles. The van der Waals surface area contributed by atoms with Crippen molar-refractivity contribution in [3.05, 3.63) is 71.3 Å². The molecule has 1 heterocycles. The zero-order valence-corrected chi connectivity index (χ0v) is 22.0. The number of carbonyl (C=O) groups excluding carboxylic acids is 5. The first kappa shape index (κ1) is 26.3.